The van der Waals surface area contributed by atoms with Gasteiger partial charge in [-0.3, -0.25) is 0 Å². The number of nitrogens with one attached hydrogen (secondary N) is 1. The van der Waals surface area contributed by atoms with E-state index in [1.54, 1.807) is 13.2 Å². The van der Waals surface area contributed by atoms with Crippen LogP contribution in [-0.2, 0) is 11.3 Å². The number of hydrogen-bond acceptors (Lipinski definition) is 2. The molecule has 1 unspecified atom stereocenters. The summed E-state index contributed by atoms with van der Waals surface area (Å²) < 4.78 is 18.5. The Bertz CT molecular complexity index is 328. The van der Waals surface area contributed by atoms with E-state index in [9.17, 15) is 4.39 Å². The molecule has 16 heavy (non-hydrogen) atoms. The molecule has 0 bridgehead atoms. The number of halogens is 1. The Morgan fingerprint density at radius 3 is 2.81 bits per heavy atom. The SMILES string of the molecule is CCC(COC)NCc1cc(C)ccc1F. The van der Waals surface area contributed by atoms with E-state index < -0.39 is 0 Å². The topological polar surface area (TPSA) is 21.3 Å². The molecule has 0 aliphatic heterocycles. The van der Waals surface area contributed by atoms with Gasteiger partial charge in [-0.25, -0.2) is 4.39 Å². The zero-order chi connectivity index (χ0) is 12.0. The van der Waals surface area contributed by atoms with Gasteiger partial charge < -0.3 is 10.1 Å². The Kier molecular flexibility index (Phi) is 5.43. The molecule has 90 valence electrons. The quantitative estimate of drug-likeness (QED) is 0.803. The fourth-order valence-electron chi connectivity index (χ4n) is 1.62. The molecule has 0 radical (unpaired) electrons. The summed E-state index contributed by atoms with van der Waals surface area (Å²) in [4.78, 5) is 0. The van der Waals surface area contributed by atoms with Gasteiger partial charge in [0.15, 0.2) is 0 Å². The van der Waals surface area contributed by atoms with Gasteiger partial charge in [-0.15, -0.1) is 0 Å². The molecule has 1 N–H and O–H groups in total. The van der Waals surface area contributed by atoms with Crippen LogP contribution in [0.3, 0.4) is 0 Å². The predicted octanol–water partition coefficient (Wildman–Crippen LogP) is 2.65. The van der Waals surface area contributed by atoms with Crippen molar-refractivity contribution in [1.29, 1.82) is 0 Å². The van der Waals surface area contributed by atoms with Crippen molar-refractivity contribution in [3.63, 3.8) is 0 Å². The van der Waals surface area contributed by atoms with Crippen molar-refractivity contribution in [1.82, 2.24) is 5.32 Å². The van der Waals surface area contributed by atoms with E-state index in [0.717, 1.165) is 17.5 Å². The lowest BCUT2D eigenvalue weighted by molar-refractivity contribution is 0.163. The van der Waals surface area contributed by atoms with Gasteiger partial charge in [-0.05, 0) is 19.4 Å². The molecule has 1 atom stereocenters. The van der Waals surface area contributed by atoms with Crippen LogP contribution < -0.4 is 5.32 Å². The summed E-state index contributed by atoms with van der Waals surface area (Å²) in [7, 11) is 1.68. The van der Waals surface area contributed by atoms with E-state index in [0.29, 0.717) is 13.2 Å². The van der Waals surface area contributed by atoms with Crippen LogP contribution in [0.2, 0.25) is 0 Å². The molecule has 0 fully saturated rings. The number of aryl methyl sites for hydroxylation is 1. The Labute approximate surface area is 96.8 Å². The first-order valence-electron chi connectivity index (χ1n) is 5.64. The average molecular weight is 225 g/mol. The third-order valence-electron chi connectivity index (χ3n) is 2.64. The highest BCUT2D eigenvalue weighted by Crippen LogP contribution is 2.10. The normalized spacial score (nSPS) is 12.8. The molecule has 0 amide bonds. The molecule has 1 aromatic carbocycles. The van der Waals surface area contributed by atoms with Crippen LogP contribution in [0.15, 0.2) is 18.2 Å². The monoisotopic (exact) mass is 225 g/mol. The Morgan fingerprint density at radius 2 is 2.19 bits per heavy atom. The molecule has 2 nitrogen and oxygen atoms in total. The minimum Gasteiger partial charge on any atom is -0.383 e. The van der Waals surface area contributed by atoms with Crippen LogP contribution in [-0.4, -0.2) is 19.8 Å². The second kappa shape index (κ2) is 6.61. The number of benzene rings is 1. The first kappa shape index (κ1) is 13.1. The summed E-state index contributed by atoms with van der Waals surface area (Å²) in [5, 5.41) is 3.29. The average Bonchev–Trinajstić information content (AvgIpc) is 2.28. The van der Waals surface area contributed by atoms with E-state index in [4.69, 9.17) is 4.74 Å². The van der Waals surface area contributed by atoms with Gasteiger partial charge in [-0.1, -0.05) is 24.6 Å². The predicted molar refractivity (Wildman–Crippen MR) is 63.9 cm³/mol. The van der Waals surface area contributed by atoms with Gasteiger partial charge in [0.2, 0.25) is 0 Å². The number of methoxy groups -OCH3 is 1. The molecule has 0 spiro atoms. The van der Waals surface area contributed by atoms with Crippen molar-refractivity contribution in [2.45, 2.75) is 32.9 Å². The van der Waals surface area contributed by atoms with Gasteiger partial charge in [0.05, 0.1) is 6.61 Å². The maximum absolute atomic E-state index is 13.4. The van der Waals surface area contributed by atoms with Crippen molar-refractivity contribution in [3.8, 4) is 0 Å². The highest BCUT2D eigenvalue weighted by atomic mass is 19.1. The van der Waals surface area contributed by atoms with Gasteiger partial charge in [0.25, 0.3) is 0 Å². The molecule has 1 aromatic rings. The maximum atomic E-state index is 13.4. The van der Waals surface area contributed by atoms with Crippen LogP contribution in [0.4, 0.5) is 4.39 Å². The summed E-state index contributed by atoms with van der Waals surface area (Å²) in [6.45, 7) is 5.26. The van der Waals surface area contributed by atoms with Crippen molar-refractivity contribution < 1.29 is 9.13 Å². The molecule has 0 saturated carbocycles. The smallest absolute Gasteiger partial charge is 0.127 e. The fourth-order valence-corrected chi connectivity index (χ4v) is 1.62. The summed E-state index contributed by atoms with van der Waals surface area (Å²) in [6.07, 6.45) is 0.973. The molecular weight excluding hydrogens is 205 g/mol. The van der Waals surface area contributed by atoms with Gasteiger partial charge in [-0.2, -0.15) is 0 Å². The molecule has 0 saturated heterocycles. The van der Waals surface area contributed by atoms with E-state index in [2.05, 4.69) is 12.2 Å². The number of hydrogen-bond donors (Lipinski definition) is 1. The summed E-state index contributed by atoms with van der Waals surface area (Å²) >= 11 is 0. The maximum Gasteiger partial charge on any atom is 0.127 e. The zero-order valence-electron chi connectivity index (χ0n) is 10.2. The van der Waals surface area contributed by atoms with Crippen molar-refractivity contribution in [2.75, 3.05) is 13.7 Å². The highest BCUT2D eigenvalue weighted by Gasteiger charge is 2.07. The van der Waals surface area contributed by atoms with Crippen LogP contribution in [0.1, 0.15) is 24.5 Å². The summed E-state index contributed by atoms with van der Waals surface area (Å²) in [5.41, 5.74) is 1.80. The van der Waals surface area contributed by atoms with Crippen LogP contribution in [0.25, 0.3) is 0 Å². The molecule has 1 rings (SSSR count). The second-order valence-electron chi connectivity index (χ2n) is 4.04. The van der Waals surface area contributed by atoms with Crippen LogP contribution in [0, 0.1) is 12.7 Å². The molecule has 3 heteroatoms. The van der Waals surface area contributed by atoms with E-state index in [1.807, 2.05) is 13.0 Å². The van der Waals surface area contributed by atoms with E-state index in [-0.39, 0.29) is 11.9 Å². The number of rotatable bonds is 6. The Balaban J connectivity index is 2.55. The van der Waals surface area contributed by atoms with Gasteiger partial charge >= 0.3 is 0 Å². The third kappa shape index (κ3) is 3.91. The van der Waals surface area contributed by atoms with Gasteiger partial charge in [0.1, 0.15) is 5.82 Å². The minimum atomic E-state index is -0.148. The standard InChI is InChI=1S/C13H20FNO/c1-4-12(9-16-3)15-8-11-7-10(2)5-6-13(11)14/h5-7,12,15H,4,8-9H2,1-3H3. The second-order valence-corrected chi connectivity index (χ2v) is 4.04. The fraction of sp³-hybridized carbons (Fsp3) is 0.538. The lowest BCUT2D eigenvalue weighted by atomic mass is 10.1. The highest BCUT2D eigenvalue weighted by molar-refractivity contribution is 5.23. The lowest BCUT2D eigenvalue weighted by Crippen LogP contribution is -2.32. The van der Waals surface area contributed by atoms with Crippen molar-refractivity contribution in [2.24, 2.45) is 0 Å². The molecule has 0 aliphatic carbocycles. The van der Waals surface area contributed by atoms with E-state index >= 15 is 0 Å². The Hall–Kier alpha value is -0.930. The van der Waals surface area contributed by atoms with Crippen molar-refractivity contribution in [3.05, 3.63) is 35.1 Å². The van der Waals surface area contributed by atoms with E-state index in [1.165, 1.54) is 6.07 Å². The Morgan fingerprint density at radius 1 is 1.44 bits per heavy atom. The summed E-state index contributed by atoms with van der Waals surface area (Å²) in [5.74, 6) is -0.148. The van der Waals surface area contributed by atoms with Crippen LogP contribution >= 0.6 is 0 Å². The molecule has 0 aromatic heterocycles. The molecule has 0 heterocycles. The van der Waals surface area contributed by atoms with Crippen molar-refractivity contribution >= 4 is 0 Å². The van der Waals surface area contributed by atoms with Crippen LogP contribution in [0.5, 0.6) is 0 Å². The largest absolute Gasteiger partial charge is 0.383 e. The van der Waals surface area contributed by atoms with Gasteiger partial charge in [0, 0.05) is 25.3 Å². The molecule has 0 aliphatic rings. The minimum absolute atomic E-state index is 0.148. The lowest BCUT2D eigenvalue weighted by Gasteiger charge is -2.16. The first-order valence-corrected chi connectivity index (χ1v) is 5.64. The zero-order valence-corrected chi connectivity index (χ0v) is 10.2. The first-order chi connectivity index (χ1) is 7.67. The molecular formula is C13H20FNO. The summed E-state index contributed by atoms with van der Waals surface area (Å²) in [6, 6.07) is 5.46. The third-order valence-corrected chi connectivity index (χ3v) is 2.64. The number of ether oxygens (including phenoxy) is 1.